The Bertz CT molecular complexity index is 1060. The Kier molecular flexibility index (Phi) is 11.0. The van der Waals surface area contributed by atoms with Crippen LogP contribution in [0.3, 0.4) is 0 Å². The monoisotopic (exact) mass is 470 g/mol. The first-order valence-electron chi connectivity index (χ1n) is 13.0. The minimum atomic E-state index is -0.202. The third-order valence-electron chi connectivity index (χ3n) is 6.30. The van der Waals surface area contributed by atoms with Crippen LogP contribution in [0.2, 0.25) is 0 Å². The molecule has 3 aromatic rings. The van der Waals surface area contributed by atoms with Gasteiger partial charge in [0, 0.05) is 12.2 Å². The normalized spacial score (nSPS) is 12.2. The summed E-state index contributed by atoms with van der Waals surface area (Å²) in [6.45, 7) is 9.03. The van der Waals surface area contributed by atoms with Gasteiger partial charge in [0.2, 0.25) is 0 Å². The van der Waals surface area contributed by atoms with Gasteiger partial charge in [-0.3, -0.25) is 0 Å². The average molecular weight is 471 g/mol. The lowest BCUT2D eigenvalue weighted by atomic mass is 9.98. The minimum Gasteiger partial charge on any atom is -0.379 e. The third-order valence-corrected chi connectivity index (χ3v) is 6.30. The van der Waals surface area contributed by atoms with Crippen LogP contribution in [0, 0.1) is 5.82 Å². The van der Waals surface area contributed by atoms with Gasteiger partial charge in [-0.15, -0.1) is 6.58 Å². The lowest BCUT2D eigenvalue weighted by Crippen LogP contribution is -2.08. The van der Waals surface area contributed by atoms with E-state index >= 15 is 0 Å². The van der Waals surface area contributed by atoms with Crippen molar-refractivity contribution in [1.82, 2.24) is 0 Å². The molecule has 0 amide bonds. The molecule has 0 aliphatic rings. The van der Waals surface area contributed by atoms with Gasteiger partial charge in [-0.1, -0.05) is 98.7 Å². The highest BCUT2D eigenvalue weighted by Gasteiger charge is 2.08. The lowest BCUT2D eigenvalue weighted by molar-refractivity contribution is 0.0566. The van der Waals surface area contributed by atoms with Gasteiger partial charge in [0.05, 0.1) is 6.10 Å². The summed E-state index contributed by atoms with van der Waals surface area (Å²) in [4.78, 5) is 0. The van der Waals surface area contributed by atoms with Crippen LogP contribution in [0.5, 0.6) is 0 Å². The predicted octanol–water partition coefficient (Wildman–Crippen LogP) is 9.67. The topological polar surface area (TPSA) is 9.23 Å². The van der Waals surface area contributed by atoms with E-state index in [4.69, 9.17) is 4.74 Å². The van der Waals surface area contributed by atoms with E-state index in [-0.39, 0.29) is 5.82 Å². The summed E-state index contributed by atoms with van der Waals surface area (Å²) in [6.07, 6.45) is 14.3. The number of rotatable bonds is 14. The summed E-state index contributed by atoms with van der Waals surface area (Å²) >= 11 is 0. The molecule has 0 saturated carbocycles. The first-order valence-corrected chi connectivity index (χ1v) is 13.0. The van der Waals surface area contributed by atoms with Crippen LogP contribution in [-0.2, 0) is 11.2 Å². The summed E-state index contributed by atoms with van der Waals surface area (Å²) in [7, 11) is 0. The second-order valence-corrected chi connectivity index (χ2v) is 9.23. The van der Waals surface area contributed by atoms with Crippen molar-refractivity contribution in [2.24, 2.45) is 0 Å². The molecule has 0 radical (unpaired) electrons. The first kappa shape index (κ1) is 26.6. The number of benzene rings is 3. The molecular formula is C33H39FO. The van der Waals surface area contributed by atoms with Gasteiger partial charge < -0.3 is 4.74 Å². The molecule has 0 bridgehead atoms. The van der Waals surface area contributed by atoms with Gasteiger partial charge >= 0.3 is 0 Å². The zero-order valence-electron chi connectivity index (χ0n) is 21.3. The fraction of sp³-hybridized carbons (Fsp3) is 0.333. The number of allylic oxidation sites excluding steroid dienone is 2. The van der Waals surface area contributed by atoms with E-state index in [0.717, 1.165) is 61.0 Å². The van der Waals surface area contributed by atoms with Crippen LogP contribution in [-0.4, -0.2) is 12.7 Å². The van der Waals surface area contributed by atoms with Crippen LogP contribution in [0.15, 0.2) is 85.5 Å². The zero-order valence-corrected chi connectivity index (χ0v) is 21.3. The second-order valence-electron chi connectivity index (χ2n) is 9.23. The summed E-state index contributed by atoms with van der Waals surface area (Å²) in [5.41, 5.74) is 5.76. The highest BCUT2D eigenvalue weighted by atomic mass is 19.1. The van der Waals surface area contributed by atoms with Gasteiger partial charge in [0.1, 0.15) is 5.82 Å². The molecule has 3 aromatic carbocycles. The summed E-state index contributed by atoms with van der Waals surface area (Å²) in [6, 6.07) is 21.8. The Morgan fingerprint density at radius 3 is 2.29 bits per heavy atom. The van der Waals surface area contributed by atoms with Crippen molar-refractivity contribution >= 4 is 6.08 Å². The van der Waals surface area contributed by atoms with Crippen LogP contribution >= 0.6 is 0 Å². The Morgan fingerprint density at radius 1 is 0.886 bits per heavy atom. The van der Waals surface area contributed by atoms with E-state index in [9.17, 15) is 4.39 Å². The van der Waals surface area contributed by atoms with Gasteiger partial charge in [-0.25, -0.2) is 4.39 Å². The van der Waals surface area contributed by atoms with Gasteiger partial charge in [-0.2, -0.15) is 0 Å². The SMILES string of the molecule is C=CCc1ccc(-c2ccc(-c3ccc(/C=C/CCCC(C)OCCCCC)cc3)c(F)c2)cc1. The lowest BCUT2D eigenvalue weighted by Gasteiger charge is -2.12. The molecule has 0 fully saturated rings. The molecule has 0 spiro atoms. The molecule has 2 heteroatoms. The predicted molar refractivity (Wildman–Crippen MR) is 149 cm³/mol. The third kappa shape index (κ3) is 8.64. The summed E-state index contributed by atoms with van der Waals surface area (Å²) < 4.78 is 20.8. The number of ether oxygens (including phenoxy) is 1. The van der Waals surface area contributed by atoms with Crippen LogP contribution in [0.1, 0.15) is 63.5 Å². The minimum absolute atomic E-state index is 0.202. The van der Waals surface area contributed by atoms with Gasteiger partial charge in [0.25, 0.3) is 0 Å². The first-order chi connectivity index (χ1) is 17.1. The number of unbranched alkanes of at least 4 members (excludes halogenated alkanes) is 3. The smallest absolute Gasteiger partial charge is 0.131 e. The molecule has 1 unspecified atom stereocenters. The van der Waals surface area contributed by atoms with Crippen LogP contribution < -0.4 is 0 Å². The Morgan fingerprint density at radius 2 is 1.60 bits per heavy atom. The molecule has 1 nitrogen and oxygen atoms in total. The second kappa shape index (κ2) is 14.4. The number of hydrogen-bond acceptors (Lipinski definition) is 1. The van der Waals surface area contributed by atoms with Crippen molar-refractivity contribution in [2.75, 3.05) is 6.61 Å². The molecule has 184 valence electrons. The zero-order chi connectivity index (χ0) is 24.9. The molecule has 0 aliphatic heterocycles. The largest absolute Gasteiger partial charge is 0.379 e. The van der Waals surface area contributed by atoms with Gasteiger partial charge in [-0.05, 0) is 72.9 Å². The van der Waals surface area contributed by atoms with E-state index in [0.29, 0.717) is 11.7 Å². The quantitative estimate of drug-likeness (QED) is 0.168. The highest BCUT2D eigenvalue weighted by Crippen LogP contribution is 2.28. The Balaban J connectivity index is 1.51. The van der Waals surface area contributed by atoms with Crippen molar-refractivity contribution in [3.8, 4) is 22.3 Å². The molecular weight excluding hydrogens is 431 g/mol. The van der Waals surface area contributed by atoms with Crippen molar-refractivity contribution in [3.05, 3.63) is 102 Å². The molecule has 1 atom stereocenters. The Labute approximate surface area is 211 Å². The maximum atomic E-state index is 15.0. The van der Waals surface area contributed by atoms with Crippen molar-refractivity contribution in [1.29, 1.82) is 0 Å². The van der Waals surface area contributed by atoms with E-state index < -0.39 is 0 Å². The van der Waals surface area contributed by atoms with Crippen molar-refractivity contribution in [3.63, 3.8) is 0 Å². The summed E-state index contributed by atoms with van der Waals surface area (Å²) in [5.74, 6) is -0.202. The summed E-state index contributed by atoms with van der Waals surface area (Å²) in [5, 5.41) is 0. The fourth-order valence-electron chi connectivity index (χ4n) is 4.17. The van der Waals surface area contributed by atoms with Crippen molar-refractivity contribution in [2.45, 2.75) is 64.9 Å². The standard InChI is InChI=1S/C33H39FO/c1-4-6-10-24-35-26(3)12-8-7-9-13-28-16-20-30(21-17-28)32-23-22-31(25-33(32)34)29-18-14-27(11-5-2)15-19-29/h5,9,13-23,25-26H,2,4,6-8,10-12,24H2,1,3H3/b13-9+. The molecule has 3 rings (SSSR count). The highest BCUT2D eigenvalue weighted by molar-refractivity contribution is 5.72. The van der Waals surface area contributed by atoms with E-state index in [1.165, 1.54) is 18.4 Å². The van der Waals surface area contributed by atoms with E-state index in [1.54, 1.807) is 6.07 Å². The van der Waals surface area contributed by atoms with E-state index in [1.807, 2.05) is 42.5 Å². The number of halogens is 1. The van der Waals surface area contributed by atoms with Crippen LogP contribution in [0.4, 0.5) is 4.39 Å². The number of hydrogen-bond donors (Lipinski definition) is 0. The maximum absolute atomic E-state index is 15.0. The molecule has 0 saturated heterocycles. The van der Waals surface area contributed by atoms with E-state index in [2.05, 4.69) is 56.8 Å². The molecule has 0 heterocycles. The average Bonchev–Trinajstić information content (AvgIpc) is 2.87. The van der Waals surface area contributed by atoms with Crippen molar-refractivity contribution < 1.29 is 9.13 Å². The molecule has 0 aromatic heterocycles. The molecule has 0 aliphatic carbocycles. The maximum Gasteiger partial charge on any atom is 0.131 e. The molecule has 35 heavy (non-hydrogen) atoms. The fourth-order valence-corrected chi connectivity index (χ4v) is 4.17. The van der Waals surface area contributed by atoms with Gasteiger partial charge in [0.15, 0.2) is 0 Å². The van der Waals surface area contributed by atoms with Crippen LogP contribution in [0.25, 0.3) is 28.3 Å². The molecule has 0 N–H and O–H groups in total. The Hall–Kier alpha value is -2.97.